The molecule has 4 rings (SSSR count). The first-order valence-corrected chi connectivity index (χ1v) is 9.87. The molecular formula is C24H14F6N4O. The molecule has 0 aliphatic heterocycles. The molecule has 5 nitrogen and oxygen atoms in total. The SMILES string of the molecule is Nc1n[nH]c2cccc(C#Cc3cccc(C(=O)Nc4cc(C(F)(F)F)cc(C(F)(F)F)c4)c3)c12. The molecule has 0 spiro atoms. The number of carbonyl (C=O) groups is 1. The Kier molecular flexibility index (Phi) is 5.90. The van der Waals surface area contributed by atoms with E-state index in [0.717, 1.165) is 0 Å². The van der Waals surface area contributed by atoms with Crippen molar-refractivity contribution in [3.63, 3.8) is 0 Å². The van der Waals surface area contributed by atoms with Crippen LogP contribution in [0.2, 0.25) is 0 Å². The lowest BCUT2D eigenvalue weighted by atomic mass is 10.1. The molecule has 11 heteroatoms. The molecule has 3 aromatic carbocycles. The molecule has 0 aliphatic carbocycles. The van der Waals surface area contributed by atoms with E-state index in [4.69, 9.17) is 5.73 Å². The van der Waals surface area contributed by atoms with E-state index >= 15 is 0 Å². The van der Waals surface area contributed by atoms with E-state index in [0.29, 0.717) is 34.2 Å². The molecule has 1 amide bonds. The summed E-state index contributed by atoms with van der Waals surface area (Å²) in [5.74, 6) is 5.15. The molecule has 0 atom stereocenters. The van der Waals surface area contributed by atoms with E-state index < -0.39 is 35.1 Å². The first-order valence-electron chi connectivity index (χ1n) is 9.87. The Morgan fingerprint density at radius 3 is 2.20 bits per heavy atom. The third kappa shape index (κ3) is 5.22. The predicted molar refractivity (Wildman–Crippen MR) is 117 cm³/mol. The number of halogens is 6. The number of fused-ring (bicyclic) bond motifs is 1. The number of aromatic nitrogens is 2. The van der Waals surface area contributed by atoms with Gasteiger partial charge in [-0.2, -0.15) is 31.4 Å². The summed E-state index contributed by atoms with van der Waals surface area (Å²) in [7, 11) is 0. The van der Waals surface area contributed by atoms with Crippen LogP contribution >= 0.6 is 0 Å². The zero-order valence-electron chi connectivity index (χ0n) is 17.5. The number of H-pyrrole nitrogens is 1. The fourth-order valence-electron chi connectivity index (χ4n) is 3.31. The second kappa shape index (κ2) is 8.72. The molecule has 0 saturated heterocycles. The van der Waals surface area contributed by atoms with E-state index in [1.807, 2.05) is 0 Å². The standard InChI is InChI=1S/C24H14F6N4O/c25-23(26,27)16-10-17(24(28,29)30)12-18(11-16)32-22(35)15-5-1-3-13(9-15)7-8-14-4-2-6-19-20(14)21(31)34-33-19/h1-6,9-12H,(H,32,35)(H3,31,33,34). The van der Waals surface area contributed by atoms with Gasteiger partial charge in [0, 0.05) is 22.4 Å². The van der Waals surface area contributed by atoms with Crippen molar-refractivity contribution in [2.24, 2.45) is 0 Å². The van der Waals surface area contributed by atoms with Crippen LogP contribution in [0.4, 0.5) is 37.8 Å². The topological polar surface area (TPSA) is 83.8 Å². The van der Waals surface area contributed by atoms with Gasteiger partial charge in [0.1, 0.15) is 0 Å². The molecule has 178 valence electrons. The van der Waals surface area contributed by atoms with Crippen LogP contribution in [0.1, 0.15) is 32.6 Å². The summed E-state index contributed by atoms with van der Waals surface area (Å²) < 4.78 is 78.4. The highest BCUT2D eigenvalue weighted by Gasteiger charge is 2.37. The molecule has 0 bridgehead atoms. The normalized spacial score (nSPS) is 11.7. The van der Waals surface area contributed by atoms with Crippen molar-refractivity contribution in [2.75, 3.05) is 11.1 Å². The summed E-state index contributed by atoms with van der Waals surface area (Å²) in [6.45, 7) is 0. The fraction of sp³-hybridized carbons (Fsp3) is 0.0833. The van der Waals surface area contributed by atoms with Gasteiger partial charge in [-0.05, 0) is 48.5 Å². The van der Waals surface area contributed by atoms with Crippen LogP contribution < -0.4 is 11.1 Å². The number of rotatable bonds is 2. The number of hydrogen-bond donors (Lipinski definition) is 3. The molecule has 1 heterocycles. The Bertz CT molecular complexity index is 1460. The van der Waals surface area contributed by atoms with Gasteiger partial charge in [0.25, 0.3) is 5.91 Å². The number of amides is 1. The van der Waals surface area contributed by atoms with E-state index in [1.54, 1.807) is 24.3 Å². The molecular weight excluding hydrogens is 474 g/mol. The Labute approximate surface area is 193 Å². The van der Waals surface area contributed by atoms with Gasteiger partial charge in [-0.3, -0.25) is 9.89 Å². The van der Waals surface area contributed by atoms with Crippen LogP contribution in [-0.4, -0.2) is 16.1 Å². The molecule has 1 aromatic heterocycles. The molecule has 0 unspecified atom stereocenters. The molecule has 4 aromatic rings. The highest BCUT2D eigenvalue weighted by atomic mass is 19.4. The predicted octanol–water partition coefficient (Wildman–Crippen LogP) is 5.83. The maximum Gasteiger partial charge on any atom is 0.416 e. The molecule has 4 N–H and O–H groups in total. The molecule has 0 aliphatic rings. The summed E-state index contributed by atoms with van der Waals surface area (Å²) in [5, 5.41) is 9.41. The first-order chi connectivity index (χ1) is 16.4. The minimum absolute atomic E-state index is 0.0104. The molecule has 0 saturated carbocycles. The quantitative estimate of drug-likeness (QED) is 0.245. The average molecular weight is 488 g/mol. The van der Waals surface area contributed by atoms with Crippen molar-refractivity contribution in [3.8, 4) is 11.8 Å². The zero-order valence-corrected chi connectivity index (χ0v) is 17.5. The Morgan fingerprint density at radius 1 is 0.886 bits per heavy atom. The molecule has 35 heavy (non-hydrogen) atoms. The van der Waals surface area contributed by atoms with Crippen LogP contribution in [0.25, 0.3) is 10.9 Å². The van der Waals surface area contributed by atoms with Gasteiger partial charge < -0.3 is 11.1 Å². The second-order valence-corrected chi connectivity index (χ2v) is 7.42. The van der Waals surface area contributed by atoms with Crippen molar-refractivity contribution < 1.29 is 31.1 Å². The summed E-state index contributed by atoms with van der Waals surface area (Å²) in [6, 6.07) is 11.9. The highest BCUT2D eigenvalue weighted by Crippen LogP contribution is 2.37. The van der Waals surface area contributed by atoms with Gasteiger partial charge in [-0.1, -0.05) is 24.0 Å². The Hall–Kier alpha value is -4.46. The van der Waals surface area contributed by atoms with Crippen molar-refractivity contribution in [1.82, 2.24) is 10.2 Å². The van der Waals surface area contributed by atoms with Crippen LogP contribution in [0.3, 0.4) is 0 Å². The minimum Gasteiger partial charge on any atom is -0.382 e. The van der Waals surface area contributed by atoms with Crippen molar-refractivity contribution in [3.05, 3.63) is 88.5 Å². The van der Waals surface area contributed by atoms with Crippen molar-refractivity contribution >= 4 is 28.3 Å². The number of nitrogens with zero attached hydrogens (tertiary/aromatic N) is 1. The lowest BCUT2D eigenvalue weighted by molar-refractivity contribution is -0.143. The monoisotopic (exact) mass is 488 g/mol. The number of nitrogens with one attached hydrogen (secondary N) is 2. The number of anilines is 2. The van der Waals surface area contributed by atoms with E-state index in [2.05, 4.69) is 27.4 Å². The zero-order chi connectivity index (χ0) is 25.4. The number of benzene rings is 3. The van der Waals surface area contributed by atoms with E-state index in [9.17, 15) is 31.1 Å². The third-order valence-corrected chi connectivity index (χ3v) is 4.93. The van der Waals surface area contributed by atoms with E-state index in [-0.39, 0.29) is 17.4 Å². The Balaban J connectivity index is 1.62. The van der Waals surface area contributed by atoms with Gasteiger partial charge in [-0.25, -0.2) is 0 Å². The van der Waals surface area contributed by atoms with Crippen molar-refractivity contribution in [2.45, 2.75) is 12.4 Å². The van der Waals surface area contributed by atoms with Crippen LogP contribution in [-0.2, 0) is 12.4 Å². The van der Waals surface area contributed by atoms with Gasteiger partial charge >= 0.3 is 12.4 Å². The molecule has 0 fully saturated rings. The summed E-state index contributed by atoms with van der Waals surface area (Å²) in [5.41, 5.74) is 3.78. The van der Waals surface area contributed by atoms with Crippen molar-refractivity contribution in [1.29, 1.82) is 0 Å². The third-order valence-electron chi connectivity index (χ3n) is 4.93. The van der Waals surface area contributed by atoms with Gasteiger partial charge in [-0.15, -0.1) is 0 Å². The maximum absolute atomic E-state index is 13.1. The van der Waals surface area contributed by atoms with Crippen LogP contribution in [0, 0.1) is 11.8 Å². The second-order valence-electron chi connectivity index (χ2n) is 7.42. The Morgan fingerprint density at radius 2 is 1.54 bits per heavy atom. The van der Waals surface area contributed by atoms with E-state index in [1.165, 1.54) is 18.2 Å². The summed E-state index contributed by atoms with van der Waals surface area (Å²) in [4.78, 5) is 12.6. The highest BCUT2D eigenvalue weighted by molar-refractivity contribution is 6.04. The fourth-order valence-corrected chi connectivity index (χ4v) is 3.31. The average Bonchev–Trinajstić information content (AvgIpc) is 3.18. The minimum atomic E-state index is -5.03. The number of hydrogen-bond acceptors (Lipinski definition) is 3. The van der Waals surface area contributed by atoms with Crippen LogP contribution in [0.5, 0.6) is 0 Å². The largest absolute Gasteiger partial charge is 0.416 e. The molecule has 0 radical (unpaired) electrons. The lowest BCUT2D eigenvalue weighted by Gasteiger charge is -2.15. The smallest absolute Gasteiger partial charge is 0.382 e. The number of aromatic amines is 1. The lowest BCUT2D eigenvalue weighted by Crippen LogP contribution is -2.16. The maximum atomic E-state index is 13.1. The number of alkyl halides is 6. The van der Waals surface area contributed by atoms with Crippen LogP contribution in [0.15, 0.2) is 60.7 Å². The number of nitrogens with two attached hydrogens (primary N) is 1. The summed E-state index contributed by atoms with van der Waals surface area (Å²) >= 11 is 0. The van der Waals surface area contributed by atoms with Gasteiger partial charge in [0.2, 0.25) is 0 Å². The number of nitrogen functional groups attached to an aromatic ring is 1. The first kappa shape index (κ1) is 23.7. The van der Waals surface area contributed by atoms with Gasteiger partial charge in [0.15, 0.2) is 5.82 Å². The number of carbonyl (C=O) groups excluding carboxylic acids is 1. The summed E-state index contributed by atoms with van der Waals surface area (Å²) in [6.07, 6.45) is -10.1. The van der Waals surface area contributed by atoms with Gasteiger partial charge in [0.05, 0.1) is 22.0 Å².